The molecule has 0 saturated heterocycles. The third-order valence-electron chi connectivity index (χ3n) is 2.72. The van der Waals surface area contributed by atoms with Gasteiger partial charge in [0.05, 0.1) is 11.2 Å². The highest BCUT2D eigenvalue weighted by atomic mass is 79.9. The van der Waals surface area contributed by atoms with E-state index in [4.69, 9.17) is 11.6 Å². The molecule has 0 fully saturated rings. The molecule has 21 heavy (non-hydrogen) atoms. The third-order valence-corrected chi connectivity index (χ3v) is 5.57. The quantitative estimate of drug-likeness (QED) is 0.480. The van der Waals surface area contributed by atoms with Gasteiger partial charge in [-0.15, -0.1) is 11.3 Å². The van der Waals surface area contributed by atoms with Gasteiger partial charge in [-0.1, -0.05) is 33.6 Å². The third kappa shape index (κ3) is 3.18. The smallest absolute Gasteiger partial charge is 0.266 e. The van der Waals surface area contributed by atoms with Crippen LogP contribution in [0.3, 0.4) is 0 Å². The molecular weight excluding hydrogens is 392 g/mol. The van der Waals surface area contributed by atoms with Crippen molar-refractivity contribution in [3.63, 3.8) is 0 Å². The van der Waals surface area contributed by atoms with Gasteiger partial charge in [0.15, 0.2) is 0 Å². The first-order chi connectivity index (χ1) is 10.1. The van der Waals surface area contributed by atoms with Crippen LogP contribution in [0.25, 0.3) is 10.1 Å². The van der Waals surface area contributed by atoms with E-state index in [0.29, 0.717) is 9.90 Å². The van der Waals surface area contributed by atoms with Crippen molar-refractivity contribution in [1.82, 2.24) is 5.43 Å². The second-order valence-electron chi connectivity index (χ2n) is 4.14. The zero-order valence-corrected chi connectivity index (χ0v) is 14.4. The zero-order chi connectivity index (χ0) is 14.8. The molecule has 2 aromatic heterocycles. The van der Waals surface area contributed by atoms with Crippen LogP contribution in [0.4, 0.5) is 0 Å². The number of amides is 1. The number of nitrogens with one attached hydrogen (secondary N) is 1. The van der Waals surface area contributed by atoms with Crippen molar-refractivity contribution in [3.05, 3.63) is 55.0 Å². The Morgan fingerprint density at radius 3 is 3.00 bits per heavy atom. The van der Waals surface area contributed by atoms with Crippen LogP contribution < -0.4 is 5.43 Å². The highest BCUT2D eigenvalue weighted by Crippen LogP contribution is 2.36. The van der Waals surface area contributed by atoms with Crippen molar-refractivity contribution in [2.75, 3.05) is 0 Å². The number of carbonyl (C=O) groups is 1. The van der Waals surface area contributed by atoms with Crippen molar-refractivity contribution >= 4 is 72.4 Å². The van der Waals surface area contributed by atoms with Gasteiger partial charge >= 0.3 is 0 Å². The fourth-order valence-electron chi connectivity index (χ4n) is 1.75. The van der Waals surface area contributed by atoms with Gasteiger partial charge in [0.25, 0.3) is 5.91 Å². The molecule has 0 unspecified atom stereocenters. The number of fused-ring (bicyclic) bond motifs is 1. The molecule has 1 amide bonds. The molecule has 2 heterocycles. The highest BCUT2D eigenvalue weighted by molar-refractivity contribution is 9.10. The van der Waals surface area contributed by atoms with E-state index >= 15 is 0 Å². The Balaban J connectivity index is 1.83. The Kier molecular flexibility index (Phi) is 4.40. The van der Waals surface area contributed by atoms with Crippen LogP contribution in [0.1, 0.15) is 15.2 Å². The van der Waals surface area contributed by atoms with E-state index in [2.05, 4.69) is 26.5 Å². The first kappa shape index (κ1) is 14.7. The van der Waals surface area contributed by atoms with Crippen molar-refractivity contribution in [1.29, 1.82) is 0 Å². The van der Waals surface area contributed by atoms with Crippen molar-refractivity contribution in [2.45, 2.75) is 0 Å². The van der Waals surface area contributed by atoms with Crippen LogP contribution >= 0.6 is 50.2 Å². The van der Waals surface area contributed by atoms with E-state index in [1.165, 1.54) is 11.3 Å². The summed E-state index contributed by atoms with van der Waals surface area (Å²) in [5.41, 5.74) is 3.45. The molecule has 7 heteroatoms. The van der Waals surface area contributed by atoms with E-state index in [0.717, 1.165) is 20.1 Å². The van der Waals surface area contributed by atoms with Crippen LogP contribution in [0.15, 0.2) is 44.6 Å². The summed E-state index contributed by atoms with van der Waals surface area (Å²) in [5, 5.41) is 9.17. The number of rotatable bonds is 3. The predicted molar refractivity (Wildman–Crippen MR) is 93.9 cm³/mol. The SMILES string of the molecule is O=C(N/N=C\c1ccsc1)c1sc2cc(Br)ccc2c1Cl. The topological polar surface area (TPSA) is 41.5 Å². The van der Waals surface area contributed by atoms with E-state index in [1.54, 1.807) is 17.6 Å². The molecule has 0 atom stereocenters. The average molecular weight is 400 g/mol. The van der Waals surface area contributed by atoms with Crippen LogP contribution in [0.2, 0.25) is 5.02 Å². The van der Waals surface area contributed by atoms with E-state index in [9.17, 15) is 4.79 Å². The molecule has 1 N–H and O–H groups in total. The normalized spacial score (nSPS) is 11.3. The first-order valence-electron chi connectivity index (χ1n) is 5.88. The number of halogens is 2. The Morgan fingerprint density at radius 1 is 1.38 bits per heavy atom. The maximum atomic E-state index is 12.1. The summed E-state index contributed by atoms with van der Waals surface area (Å²) in [6.45, 7) is 0. The second kappa shape index (κ2) is 6.27. The molecule has 3 nitrogen and oxygen atoms in total. The van der Waals surface area contributed by atoms with Gasteiger partial charge in [-0.3, -0.25) is 4.79 Å². The lowest BCUT2D eigenvalue weighted by atomic mass is 10.2. The minimum Gasteiger partial charge on any atom is -0.266 e. The molecule has 0 radical (unpaired) electrons. The molecule has 0 aliphatic rings. The van der Waals surface area contributed by atoms with Crippen molar-refractivity contribution in [3.8, 4) is 0 Å². The summed E-state index contributed by atoms with van der Waals surface area (Å²) in [6.07, 6.45) is 1.60. The standard InChI is InChI=1S/C14H8BrClN2OS2/c15-9-1-2-10-11(5-9)21-13(12(10)16)14(19)18-17-6-8-3-4-20-7-8/h1-7H,(H,18,19)/b17-6-. The molecule has 0 aliphatic heterocycles. The number of benzene rings is 1. The van der Waals surface area contributed by atoms with Crippen molar-refractivity contribution < 1.29 is 4.79 Å². The minimum absolute atomic E-state index is 0.302. The van der Waals surface area contributed by atoms with Gasteiger partial charge in [0, 0.05) is 20.1 Å². The van der Waals surface area contributed by atoms with Crippen molar-refractivity contribution in [2.24, 2.45) is 5.10 Å². The predicted octanol–water partition coefficient (Wildman–Crippen LogP) is 5.14. The van der Waals surface area contributed by atoms with E-state index in [1.807, 2.05) is 35.0 Å². The fourth-order valence-corrected chi connectivity index (χ4v) is 4.32. The lowest BCUT2D eigenvalue weighted by molar-refractivity contribution is 0.0959. The van der Waals surface area contributed by atoms with Crippen LogP contribution in [-0.4, -0.2) is 12.1 Å². The number of carbonyl (C=O) groups excluding carboxylic acids is 1. The van der Waals surface area contributed by atoms with Crippen LogP contribution in [0, 0.1) is 0 Å². The van der Waals surface area contributed by atoms with Gasteiger partial charge in [-0.2, -0.15) is 16.4 Å². The molecule has 0 aliphatic carbocycles. The monoisotopic (exact) mass is 398 g/mol. The maximum Gasteiger partial charge on any atom is 0.283 e. The molecule has 0 spiro atoms. The summed E-state index contributed by atoms with van der Waals surface area (Å²) in [7, 11) is 0. The summed E-state index contributed by atoms with van der Waals surface area (Å²) >= 11 is 12.6. The van der Waals surface area contributed by atoms with E-state index in [-0.39, 0.29) is 5.91 Å². The highest BCUT2D eigenvalue weighted by Gasteiger charge is 2.16. The van der Waals surface area contributed by atoms with Gasteiger partial charge in [0.2, 0.25) is 0 Å². The number of thiophene rings is 2. The number of nitrogens with zero attached hydrogens (tertiary/aromatic N) is 1. The van der Waals surface area contributed by atoms with Crippen LogP contribution in [-0.2, 0) is 0 Å². The minimum atomic E-state index is -0.302. The Bertz CT molecular complexity index is 827. The lowest BCUT2D eigenvalue weighted by Gasteiger charge is -1.96. The molecular formula is C14H8BrClN2OS2. The van der Waals surface area contributed by atoms with Gasteiger partial charge < -0.3 is 0 Å². The number of hydrazone groups is 1. The molecule has 3 aromatic rings. The fraction of sp³-hybridized carbons (Fsp3) is 0. The Hall–Kier alpha value is -1.21. The zero-order valence-electron chi connectivity index (χ0n) is 10.5. The lowest BCUT2D eigenvalue weighted by Crippen LogP contribution is -2.16. The Morgan fingerprint density at radius 2 is 2.24 bits per heavy atom. The maximum absolute atomic E-state index is 12.1. The second-order valence-corrected chi connectivity index (χ2v) is 7.27. The molecule has 3 rings (SSSR count). The average Bonchev–Trinajstić information content (AvgIpc) is 3.07. The molecule has 0 bridgehead atoms. The molecule has 1 aromatic carbocycles. The summed E-state index contributed by atoms with van der Waals surface area (Å²) < 4.78 is 1.91. The molecule has 106 valence electrons. The largest absolute Gasteiger partial charge is 0.283 e. The van der Waals surface area contributed by atoms with Gasteiger partial charge in [0.1, 0.15) is 4.88 Å². The Labute approximate surface area is 142 Å². The summed E-state index contributed by atoms with van der Waals surface area (Å²) in [6, 6.07) is 7.66. The molecule has 0 saturated carbocycles. The number of hydrogen-bond acceptors (Lipinski definition) is 4. The number of hydrogen-bond donors (Lipinski definition) is 1. The van der Waals surface area contributed by atoms with Crippen LogP contribution in [0.5, 0.6) is 0 Å². The summed E-state index contributed by atoms with van der Waals surface area (Å²) in [5.74, 6) is -0.302. The van der Waals surface area contributed by atoms with E-state index < -0.39 is 0 Å². The summed E-state index contributed by atoms with van der Waals surface area (Å²) in [4.78, 5) is 12.6. The van der Waals surface area contributed by atoms with Gasteiger partial charge in [-0.05, 0) is 29.0 Å². The van der Waals surface area contributed by atoms with Gasteiger partial charge in [-0.25, -0.2) is 5.43 Å². The first-order valence-corrected chi connectivity index (χ1v) is 8.81.